The highest BCUT2D eigenvalue weighted by Gasteiger charge is 2.30. The zero-order valence-electron chi connectivity index (χ0n) is 11.3. The van der Waals surface area contributed by atoms with Crippen LogP contribution in [-0.2, 0) is 11.2 Å². The lowest BCUT2D eigenvalue weighted by molar-refractivity contribution is -0.137. The molecule has 1 aromatic rings. The molecule has 0 saturated heterocycles. The number of carboxylic acids is 1. The number of nitrogens with zero attached hydrogens (tertiary/aromatic N) is 1. The molecule has 0 aliphatic carbocycles. The number of hydrogen-bond donors (Lipinski definition) is 1. The molecule has 3 nitrogen and oxygen atoms in total. The Hall–Kier alpha value is -1.51. The highest BCUT2D eigenvalue weighted by molar-refractivity contribution is 5.67. The molecular formula is C15H21NO2. The van der Waals surface area contributed by atoms with E-state index in [0.29, 0.717) is 12.1 Å². The number of aryl methyl sites for hydroxylation is 1. The number of rotatable bonds is 4. The Kier molecular flexibility index (Phi) is 3.60. The van der Waals surface area contributed by atoms with Crippen molar-refractivity contribution in [1.29, 1.82) is 0 Å². The zero-order chi connectivity index (χ0) is 13.3. The summed E-state index contributed by atoms with van der Waals surface area (Å²) < 4.78 is 0. The highest BCUT2D eigenvalue weighted by Crippen LogP contribution is 2.36. The maximum Gasteiger partial charge on any atom is 0.303 e. The van der Waals surface area contributed by atoms with Gasteiger partial charge in [-0.15, -0.1) is 0 Å². The van der Waals surface area contributed by atoms with E-state index >= 15 is 0 Å². The summed E-state index contributed by atoms with van der Waals surface area (Å²) in [6.07, 6.45) is 1.95. The maximum absolute atomic E-state index is 10.7. The Morgan fingerprint density at radius 1 is 1.50 bits per heavy atom. The first-order valence-corrected chi connectivity index (χ1v) is 6.58. The van der Waals surface area contributed by atoms with Gasteiger partial charge in [-0.2, -0.15) is 0 Å². The maximum atomic E-state index is 10.7. The number of anilines is 1. The fraction of sp³-hybridized carbons (Fsp3) is 0.533. The normalized spacial score (nSPS) is 18.2. The molecule has 3 heteroatoms. The van der Waals surface area contributed by atoms with Gasteiger partial charge in [0.1, 0.15) is 0 Å². The predicted octanol–water partition coefficient (Wildman–Crippen LogP) is 3.00. The number of carboxylic acid groups (broad SMARTS) is 1. The molecule has 1 unspecified atom stereocenters. The lowest BCUT2D eigenvalue weighted by Gasteiger charge is -2.31. The largest absolute Gasteiger partial charge is 0.481 e. The SMILES string of the molecule is Cc1ccc2c(c1)CC(CCC(=O)O)N2C(C)C. The van der Waals surface area contributed by atoms with Gasteiger partial charge in [0.15, 0.2) is 0 Å². The van der Waals surface area contributed by atoms with E-state index in [1.165, 1.54) is 16.8 Å². The molecule has 18 heavy (non-hydrogen) atoms. The molecule has 0 radical (unpaired) electrons. The Morgan fingerprint density at radius 2 is 2.22 bits per heavy atom. The molecule has 1 N–H and O–H groups in total. The summed E-state index contributed by atoms with van der Waals surface area (Å²) in [5, 5.41) is 8.84. The number of hydrogen-bond acceptors (Lipinski definition) is 2. The van der Waals surface area contributed by atoms with E-state index < -0.39 is 5.97 Å². The van der Waals surface area contributed by atoms with Gasteiger partial charge in [-0.05, 0) is 45.2 Å². The number of fused-ring (bicyclic) bond motifs is 1. The predicted molar refractivity (Wildman–Crippen MR) is 73.2 cm³/mol. The highest BCUT2D eigenvalue weighted by atomic mass is 16.4. The van der Waals surface area contributed by atoms with Crippen molar-refractivity contribution >= 4 is 11.7 Å². The van der Waals surface area contributed by atoms with Crippen molar-refractivity contribution in [3.8, 4) is 0 Å². The van der Waals surface area contributed by atoms with Crippen molar-refractivity contribution in [1.82, 2.24) is 0 Å². The molecule has 1 aromatic carbocycles. The van der Waals surface area contributed by atoms with Gasteiger partial charge in [0.05, 0.1) is 0 Å². The molecule has 0 bridgehead atoms. The van der Waals surface area contributed by atoms with Crippen LogP contribution in [0.3, 0.4) is 0 Å². The molecule has 0 amide bonds. The molecule has 1 aliphatic rings. The molecule has 0 fully saturated rings. The summed E-state index contributed by atoms with van der Waals surface area (Å²) in [7, 11) is 0. The summed E-state index contributed by atoms with van der Waals surface area (Å²) in [5.41, 5.74) is 3.92. The van der Waals surface area contributed by atoms with E-state index in [1.54, 1.807) is 0 Å². The monoisotopic (exact) mass is 247 g/mol. The zero-order valence-corrected chi connectivity index (χ0v) is 11.3. The second-order valence-electron chi connectivity index (χ2n) is 5.42. The Balaban J connectivity index is 2.22. The van der Waals surface area contributed by atoms with Gasteiger partial charge in [0.2, 0.25) is 0 Å². The first-order valence-electron chi connectivity index (χ1n) is 6.58. The number of carbonyl (C=O) groups is 1. The molecule has 1 aliphatic heterocycles. The lowest BCUT2D eigenvalue weighted by atomic mass is 10.0. The second kappa shape index (κ2) is 5.01. The van der Waals surface area contributed by atoms with Crippen molar-refractivity contribution in [2.45, 2.75) is 52.1 Å². The van der Waals surface area contributed by atoms with E-state index in [4.69, 9.17) is 5.11 Å². The summed E-state index contributed by atoms with van der Waals surface area (Å²) in [6.45, 7) is 6.44. The fourth-order valence-electron chi connectivity index (χ4n) is 2.91. The first-order chi connectivity index (χ1) is 8.49. The topological polar surface area (TPSA) is 40.5 Å². The third kappa shape index (κ3) is 2.50. The van der Waals surface area contributed by atoms with Gasteiger partial charge >= 0.3 is 5.97 Å². The van der Waals surface area contributed by atoms with Crippen LogP contribution in [0.2, 0.25) is 0 Å². The molecular weight excluding hydrogens is 226 g/mol. The molecule has 0 saturated carbocycles. The standard InChI is InChI=1S/C15H21NO2/c1-10(2)16-13(5-7-15(17)18)9-12-8-11(3)4-6-14(12)16/h4,6,8,10,13H,5,7,9H2,1-3H3,(H,17,18). The van der Waals surface area contributed by atoms with Crippen molar-refractivity contribution in [2.75, 3.05) is 4.90 Å². The molecule has 1 atom stereocenters. The first kappa shape index (κ1) is 12.9. The van der Waals surface area contributed by atoms with E-state index in [0.717, 1.165) is 12.8 Å². The molecule has 2 rings (SSSR count). The van der Waals surface area contributed by atoms with Crippen LogP contribution < -0.4 is 4.90 Å². The van der Waals surface area contributed by atoms with Gasteiger partial charge in [-0.1, -0.05) is 17.7 Å². The fourth-order valence-corrected chi connectivity index (χ4v) is 2.91. The van der Waals surface area contributed by atoms with Crippen LogP contribution in [0, 0.1) is 6.92 Å². The summed E-state index contributed by atoms with van der Waals surface area (Å²) in [4.78, 5) is 13.1. The molecule has 0 aromatic heterocycles. The summed E-state index contributed by atoms with van der Waals surface area (Å²) >= 11 is 0. The minimum atomic E-state index is -0.703. The second-order valence-corrected chi connectivity index (χ2v) is 5.42. The van der Waals surface area contributed by atoms with E-state index in [1.807, 2.05) is 0 Å². The van der Waals surface area contributed by atoms with Crippen LogP contribution >= 0.6 is 0 Å². The third-order valence-electron chi connectivity index (χ3n) is 3.61. The quantitative estimate of drug-likeness (QED) is 0.889. The summed E-state index contributed by atoms with van der Waals surface area (Å²) in [6, 6.07) is 7.27. The van der Waals surface area contributed by atoms with Gasteiger partial charge < -0.3 is 10.0 Å². The van der Waals surface area contributed by atoms with E-state index in [-0.39, 0.29) is 6.42 Å². The van der Waals surface area contributed by atoms with Crippen LogP contribution in [-0.4, -0.2) is 23.2 Å². The minimum absolute atomic E-state index is 0.251. The average molecular weight is 247 g/mol. The van der Waals surface area contributed by atoms with Crippen LogP contribution in [0.15, 0.2) is 18.2 Å². The third-order valence-corrected chi connectivity index (χ3v) is 3.61. The minimum Gasteiger partial charge on any atom is -0.481 e. The Morgan fingerprint density at radius 3 is 2.83 bits per heavy atom. The van der Waals surface area contributed by atoms with Crippen LogP contribution in [0.25, 0.3) is 0 Å². The van der Waals surface area contributed by atoms with E-state index in [2.05, 4.69) is 43.9 Å². The summed E-state index contributed by atoms with van der Waals surface area (Å²) in [5.74, 6) is -0.703. The molecule has 98 valence electrons. The lowest BCUT2D eigenvalue weighted by Crippen LogP contribution is -2.38. The Labute approximate surface area is 108 Å². The van der Waals surface area contributed by atoms with Crippen LogP contribution in [0.5, 0.6) is 0 Å². The Bertz CT molecular complexity index is 454. The van der Waals surface area contributed by atoms with Crippen molar-refractivity contribution < 1.29 is 9.90 Å². The van der Waals surface area contributed by atoms with Crippen molar-refractivity contribution in [2.24, 2.45) is 0 Å². The number of aliphatic carboxylic acids is 1. The van der Waals surface area contributed by atoms with Gasteiger partial charge in [-0.3, -0.25) is 4.79 Å². The van der Waals surface area contributed by atoms with Gasteiger partial charge in [0, 0.05) is 24.2 Å². The number of benzene rings is 1. The van der Waals surface area contributed by atoms with Gasteiger partial charge in [0.25, 0.3) is 0 Å². The van der Waals surface area contributed by atoms with Crippen molar-refractivity contribution in [3.63, 3.8) is 0 Å². The smallest absolute Gasteiger partial charge is 0.303 e. The molecule has 1 heterocycles. The van der Waals surface area contributed by atoms with Crippen LogP contribution in [0.1, 0.15) is 37.8 Å². The molecule has 0 spiro atoms. The van der Waals surface area contributed by atoms with E-state index in [9.17, 15) is 4.79 Å². The average Bonchev–Trinajstić information content (AvgIpc) is 2.63. The van der Waals surface area contributed by atoms with Crippen molar-refractivity contribution in [3.05, 3.63) is 29.3 Å². The van der Waals surface area contributed by atoms with Gasteiger partial charge in [-0.25, -0.2) is 0 Å². The van der Waals surface area contributed by atoms with Crippen LogP contribution in [0.4, 0.5) is 5.69 Å².